The third-order valence-corrected chi connectivity index (χ3v) is 1.95. The van der Waals surface area contributed by atoms with Gasteiger partial charge in [0.05, 0.1) is 5.69 Å². The van der Waals surface area contributed by atoms with Crippen LogP contribution in [0, 0.1) is 0 Å². The second kappa shape index (κ2) is 4.27. The zero-order chi connectivity index (χ0) is 10.1. The van der Waals surface area contributed by atoms with Crippen LogP contribution in [0.4, 0.5) is 5.69 Å². The van der Waals surface area contributed by atoms with Crippen LogP contribution in [0.5, 0.6) is 11.5 Å². The van der Waals surface area contributed by atoms with Gasteiger partial charge in [-0.25, -0.2) is 4.79 Å². The summed E-state index contributed by atoms with van der Waals surface area (Å²) in [5, 5.41) is 8.91. The van der Waals surface area contributed by atoms with Gasteiger partial charge in [-0.3, -0.25) is 0 Å². The quantitative estimate of drug-likeness (QED) is 0.709. The summed E-state index contributed by atoms with van der Waals surface area (Å²) in [4.78, 5) is 10.9. The molecule has 0 saturated heterocycles. The van der Waals surface area contributed by atoms with E-state index in [4.69, 9.17) is 20.3 Å². The summed E-state index contributed by atoms with van der Waals surface area (Å²) >= 11 is 0. The molecule has 0 amide bonds. The smallest absolute Gasteiger partial charge is 0.341 e. The van der Waals surface area contributed by atoms with E-state index in [-0.39, 0.29) is 29.4 Å². The van der Waals surface area contributed by atoms with Crippen LogP contribution in [0.15, 0.2) is 12.1 Å². The Labute approximate surface area is 92.2 Å². The standard InChI is InChI=1S/C9H9NO4.ClH/c10-5-1-2-6-8(7(5)9(11)12)14-4-3-13-6;/h1-2H,3-4,10H2,(H,11,12);1H. The van der Waals surface area contributed by atoms with E-state index in [9.17, 15) is 4.79 Å². The number of carboxylic acid groups (broad SMARTS) is 1. The van der Waals surface area contributed by atoms with Gasteiger partial charge in [-0.15, -0.1) is 12.4 Å². The van der Waals surface area contributed by atoms with E-state index in [1.165, 1.54) is 6.07 Å². The van der Waals surface area contributed by atoms with Gasteiger partial charge in [0.1, 0.15) is 18.8 Å². The van der Waals surface area contributed by atoms with Gasteiger partial charge in [-0.1, -0.05) is 0 Å². The first-order valence-corrected chi connectivity index (χ1v) is 4.11. The van der Waals surface area contributed by atoms with Crippen molar-refractivity contribution in [1.82, 2.24) is 0 Å². The Bertz CT molecular complexity index is 394. The summed E-state index contributed by atoms with van der Waals surface area (Å²) < 4.78 is 10.4. The lowest BCUT2D eigenvalue weighted by Gasteiger charge is -2.20. The number of hydrogen-bond acceptors (Lipinski definition) is 4. The molecule has 0 saturated carbocycles. The maximum Gasteiger partial charge on any atom is 0.341 e. The first kappa shape index (κ1) is 11.5. The van der Waals surface area contributed by atoms with E-state index in [1.54, 1.807) is 6.07 Å². The molecule has 1 aliphatic rings. The number of anilines is 1. The van der Waals surface area contributed by atoms with Crippen molar-refractivity contribution in [3.63, 3.8) is 0 Å². The number of hydrogen-bond donors (Lipinski definition) is 2. The minimum absolute atomic E-state index is 0. The number of rotatable bonds is 1. The van der Waals surface area contributed by atoms with Gasteiger partial charge >= 0.3 is 5.97 Å². The Morgan fingerprint density at radius 3 is 2.67 bits per heavy atom. The predicted octanol–water partition coefficient (Wildman–Crippen LogP) is 1.16. The van der Waals surface area contributed by atoms with Gasteiger partial charge < -0.3 is 20.3 Å². The minimum atomic E-state index is -1.11. The molecule has 5 nitrogen and oxygen atoms in total. The third-order valence-electron chi connectivity index (χ3n) is 1.95. The molecule has 1 aliphatic heterocycles. The summed E-state index contributed by atoms with van der Waals surface area (Å²) in [5.74, 6) is -0.448. The fraction of sp³-hybridized carbons (Fsp3) is 0.222. The summed E-state index contributed by atoms with van der Waals surface area (Å²) in [6.07, 6.45) is 0. The van der Waals surface area contributed by atoms with Gasteiger partial charge in [0.25, 0.3) is 0 Å². The Hall–Kier alpha value is -1.62. The molecule has 0 bridgehead atoms. The van der Waals surface area contributed by atoms with Gasteiger partial charge in [0, 0.05) is 0 Å². The molecule has 0 aliphatic carbocycles. The highest BCUT2D eigenvalue weighted by Gasteiger charge is 2.22. The van der Waals surface area contributed by atoms with Crippen molar-refractivity contribution in [2.75, 3.05) is 18.9 Å². The number of nitrogens with two attached hydrogens (primary N) is 1. The molecule has 0 radical (unpaired) electrons. The van der Waals surface area contributed by atoms with Crippen LogP contribution in [0.2, 0.25) is 0 Å². The largest absolute Gasteiger partial charge is 0.486 e. The van der Waals surface area contributed by atoms with E-state index < -0.39 is 5.97 Å². The topological polar surface area (TPSA) is 81.8 Å². The SMILES string of the molecule is Cl.Nc1ccc2c(c1C(=O)O)OCCO2. The number of carboxylic acids is 1. The van der Waals surface area contributed by atoms with E-state index in [2.05, 4.69) is 0 Å². The number of halogens is 1. The highest BCUT2D eigenvalue weighted by Crippen LogP contribution is 2.36. The Kier molecular flexibility index (Phi) is 3.26. The zero-order valence-electron chi connectivity index (χ0n) is 7.73. The fourth-order valence-corrected chi connectivity index (χ4v) is 1.35. The first-order valence-electron chi connectivity index (χ1n) is 4.11. The number of benzene rings is 1. The first-order chi connectivity index (χ1) is 6.70. The average Bonchev–Trinajstić information content (AvgIpc) is 2.17. The van der Waals surface area contributed by atoms with Crippen LogP contribution in [0.1, 0.15) is 10.4 Å². The molecule has 0 unspecified atom stereocenters. The third kappa shape index (κ3) is 1.92. The highest BCUT2D eigenvalue weighted by atomic mass is 35.5. The van der Waals surface area contributed by atoms with Crippen LogP contribution in [0.25, 0.3) is 0 Å². The number of carbonyl (C=O) groups is 1. The molecule has 0 atom stereocenters. The number of aromatic carboxylic acids is 1. The van der Waals surface area contributed by atoms with Crippen molar-refractivity contribution in [3.05, 3.63) is 17.7 Å². The monoisotopic (exact) mass is 231 g/mol. The molecule has 6 heteroatoms. The summed E-state index contributed by atoms with van der Waals surface area (Å²) in [5.41, 5.74) is 5.69. The molecule has 0 fully saturated rings. The Balaban J connectivity index is 0.00000112. The number of fused-ring (bicyclic) bond motifs is 1. The molecule has 1 aromatic rings. The lowest BCUT2D eigenvalue weighted by molar-refractivity contribution is 0.0687. The molecular formula is C9H10ClNO4. The molecular weight excluding hydrogens is 222 g/mol. The molecule has 15 heavy (non-hydrogen) atoms. The number of nitrogen functional groups attached to an aromatic ring is 1. The van der Waals surface area contributed by atoms with Crippen LogP contribution in [-0.4, -0.2) is 24.3 Å². The van der Waals surface area contributed by atoms with Crippen LogP contribution < -0.4 is 15.2 Å². The molecule has 1 heterocycles. The lowest BCUT2D eigenvalue weighted by atomic mass is 10.1. The second-order valence-corrected chi connectivity index (χ2v) is 2.86. The molecule has 0 spiro atoms. The summed E-state index contributed by atoms with van der Waals surface area (Å²) in [6, 6.07) is 3.10. The average molecular weight is 232 g/mol. The Morgan fingerprint density at radius 2 is 2.00 bits per heavy atom. The summed E-state index contributed by atoms with van der Waals surface area (Å²) in [7, 11) is 0. The van der Waals surface area contributed by atoms with E-state index in [1.807, 2.05) is 0 Å². The van der Waals surface area contributed by atoms with Gasteiger partial charge in [-0.2, -0.15) is 0 Å². The van der Waals surface area contributed by atoms with Crippen molar-refractivity contribution < 1.29 is 19.4 Å². The molecule has 1 aromatic carbocycles. The predicted molar refractivity (Wildman–Crippen MR) is 56.1 cm³/mol. The molecule has 3 N–H and O–H groups in total. The van der Waals surface area contributed by atoms with Gasteiger partial charge in [0.15, 0.2) is 11.5 Å². The fourth-order valence-electron chi connectivity index (χ4n) is 1.35. The zero-order valence-corrected chi connectivity index (χ0v) is 8.54. The van der Waals surface area contributed by atoms with Crippen molar-refractivity contribution in [2.24, 2.45) is 0 Å². The van der Waals surface area contributed by atoms with Crippen molar-refractivity contribution >= 4 is 24.1 Å². The van der Waals surface area contributed by atoms with Crippen molar-refractivity contribution in [2.45, 2.75) is 0 Å². The molecule has 2 rings (SSSR count). The molecule has 0 aromatic heterocycles. The van der Waals surface area contributed by atoms with Gasteiger partial charge in [-0.05, 0) is 12.1 Å². The maximum atomic E-state index is 10.9. The van der Waals surface area contributed by atoms with Gasteiger partial charge in [0.2, 0.25) is 0 Å². The van der Waals surface area contributed by atoms with Crippen molar-refractivity contribution in [1.29, 1.82) is 0 Å². The van der Waals surface area contributed by atoms with Crippen LogP contribution in [0.3, 0.4) is 0 Å². The lowest BCUT2D eigenvalue weighted by Crippen LogP contribution is -2.18. The van der Waals surface area contributed by atoms with E-state index in [0.29, 0.717) is 19.0 Å². The van der Waals surface area contributed by atoms with Crippen molar-refractivity contribution in [3.8, 4) is 11.5 Å². The van der Waals surface area contributed by atoms with E-state index >= 15 is 0 Å². The second-order valence-electron chi connectivity index (χ2n) is 2.86. The highest BCUT2D eigenvalue weighted by molar-refractivity contribution is 5.98. The normalized spacial score (nSPS) is 12.8. The minimum Gasteiger partial charge on any atom is -0.486 e. The summed E-state index contributed by atoms with van der Waals surface area (Å²) in [6.45, 7) is 0.771. The maximum absolute atomic E-state index is 10.9. The molecule has 82 valence electrons. The Morgan fingerprint density at radius 1 is 1.33 bits per heavy atom. The van der Waals surface area contributed by atoms with Crippen LogP contribution in [-0.2, 0) is 0 Å². The van der Waals surface area contributed by atoms with E-state index in [0.717, 1.165) is 0 Å². The number of ether oxygens (including phenoxy) is 2. The van der Waals surface area contributed by atoms with Crippen LogP contribution >= 0.6 is 12.4 Å².